The van der Waals surface area contributed by atoms with Crippen LogP contribution in [0.5, 0.6) is 0 Å². The van der Waals surface area contributed by atoms with Crippen LogP contribution in [0.15, 0.2) is 30.3 Å². The minimum Gasteiger partial charge on any atom is -0.382 e. The predicted molar refractivity (Wildman–Crippen MR) is 81.6 cm³/mol. The molecule has 110 valence electrons. The number of rotatable bonds is 3. The molecule has 2 nitrogen and oxygen atoms in total. The second-order valence-corrected chi connectivity index (χ2v) is 8.22. The highest BCUT2D eigenvalue weighted by Crippen LogP contribution is 2.47. The largest absolute Gasteiger partial charge is 0.382 e. The fourth-order valence-corrected chi connectivity index (χ4v) is 5.03. The third-order valence-corrected chi connectivity index (χ3v) is 5.31. The molecule has 0 spiro atoms. The second-order valence-electron chi connectivity index (χ2n) is 8.22. The number of hydrogen-bond acceptors (Lipinski definition) is 1. The maximum absolute atomic E-state index is 10.5. The Kier molecular flexibility index (Phi) is 3.42. The number of hydrogen-bond donors (Lipinski definition) is 2. The van der Waals surface area contributed by atoms with Gasteiger partial charge in [0.25, 0.3) is 0 Å². The van der Waals surface area contributed by atoms with Gasteiger partial charge in [-0.05, 0) is 17.4 Å². The van der Waals surface area contributed by atoms with Crippen molar-refractivity contribution in [1.29, 1.82) is 0 Å². The molecule has 0 radical (unpaired) electrons. The van der Waals surface area contributed by atoms with Gasteiger partial charge in [0.2, 0.25) is 0 Å². The zero-order valence-corrected chi connectivity index (χ0v) is 13.0. The normalized spacial score (nSPS) is 36.8. The van der Waals surface area contributed by atoms with Crippen LogP contribution in [0.1, 0.15) is 51.7 Å². The van der Waals surface area contributed by atoms with E-state index in [4.69, 9.17) is 0 Å². The first kappa shape index (κ1) is 14.1. The average molecular weight is 274 g/mol. The lowest BCUT2D eigenvalue weighted by molar-refractivity contribution is -0.918. The molecule has 2 aliphatic rings. The number of aliphatic hydroxyl groups is 1. The summed E-state index contributed by atoms with van der Waals surface area (Å²) in [7, 11) is 0. The van der Waals surface area contributed by atoms with Gasteiger partial charge in [-0.1, -0.05) is 51.1 Å². The van der Waals surface area contributed by atoms with Gasteiger partial charge in [-0.3, -0.25) is 0 Å². The van der Waals surface area contributed by atoms with Gasteiger partial charge in [0.15, 0.2) is 0 Å². The zero-order chi connectivity index (χ0) is 14.4. The molecule has 1 unspecified atom stereocenters. The molecule has 2 heteroatoms. The van der Waals surface area contributed by atoms with Crippen LogP contribution in [-0.2, 0) is 0 Å². The van der Waals surface area contributed by atoms with Crippen LogP contribution in [0, 0.1) is 10.8 Å². The van der Waals surface area contributed by atoms with Gasteiger partial charge in [0.05, 0.1) is 12.6 Å². The Bertz CT molecular complexity index is 470. The standard InChI is InChI=1S/C18H27NO/c1-17(2)9-15-10-18(3,12-17)13-19(15)11-16(20)14-7-5-4-6-8-14/h4-8,15-16,20H,9-13H2,1-3H3/p+1/t15-,16+,18-/m0/s1. The average Bonchev–Trinajstić information content (AvgIpc) is 2.59. The van der Waals surface area contributed by atoms with Crippen molar-refractivity contribution in [1.82, 2.24) is 0 Å². The lowest BCUT2D eigenvalue weighted by Crippen LogP contribution is -3.14. The van der Waals surface area contributed by atoms with E-state index in [1.54, 1.807) is 4.90 Å². The summed E-state index contributed by atoms with van der Waals surface area (Å²) in [6, 6.07) is 10.9. The molecule has 2 N–H and O–H groups in total. The van der Waals surface area contributed by atoms with Crippen LogP contribution >= 0.6 is 0 Å². The zero-order valence-electron chi connectivity index (χ0n) is 13.0. The van der Waals surface area contributed by atoms with E-state index in [9.17, 15) is 5.11 Å². The number of benzene rings is 1. The Morgan fingerprint density at radius 1 is 1.20 bits per heavy atom. The van der Waals surface area contributed by atoms with Crippen LogP contribution in [-0.4, -0.2) is 24.2 Å². The SMILES string of the molecule is CC1(C)C[C@H]2C[C@](C)(C[NH+]2C[C@@H](O)c2ccccc2)C1. The van der Waals surface area contributed by atoms with Crippen LogP contribution in [0.3, 0.4) is 0 Å². The number of quaternary nitrogens is 1. The Balaban J connectivity index is 1.70. The topological polar surface area (TPSA) is 24.7 Å². The van der Waals surface area contributed by atoms with E-state index in [2.05, 4.69) is 20.8 Å². The highest BCUT2D eigenvalue weighted by Gasteiger charge is 2.52. The molecular formula is C18H28NO+. The van der Waals surface area contributed by atoms with Crippen molar-refractivity contribution >= 4 is 0 Å². The van der Waals surface area contributed by atoms with Gasteiger partial charge in [-0.2, -0.15) is 0 Å². The summed E-state index contributed by atoms with van der Waals surface area (Å²) in [6.07, 6.45) is 3.66. The van der Waals surface area contributed by atoms with E-state index in [0.717, 1.165) is 18.2 Å². The monoisotopic (exact) mass is 274 g/mol. The summed E-state index contributed by atoms with van der Waals surface area (Å²) in [5.41, 5.74) is 2.01. The summed E-state index contributed by atoms with van der Waals surface area (Å²) < 4.78 is 0. The number of nitrogens with one attached hydrogen (secondary N) is 1. The molecule has 1 aliphatic carbocycles. The van der Waals surface area contributed by atoms with Crippen LogP contribution < -0.4 is 4.90 Å². The molecule has 1 heterocycles. The molecule has 1 aliphatic heterocycles. The molecule has 1 aromatic rings. The van der Waals surface area contributed by atoms with Crippen molar-refractivity contribution in [3.05, 3.63) is 35.9 Å². The summed E-state index contributed by atoms with van der Waals surface area (Å²) in [5, 5.41) is 10.5. The van der Waals surface area contributed by atoms with E-state index >= 15 is 0 Å². The summed E-state index contributed by atoms with van der Waals surface area (Å²) in [4.78, 5) is 1.62. The molecule has 1 saturated heterocycles. The third kappa shape index (κ3) is 2.77. The molecule has 2 fully saturated rings. The molecule has 20 heavy (non-hydrogen) atoms. The van der Waals surface area contributed by atoms with Gasteiger partial charge in [-0.15, -0.1) is 0 Å². The minimum atomic E-state index is -0.322. The first-order valence-electron chi connectivity index (χ1n) is 7.95. The van der Waals surface area contributed by atoms with Crippen molar-refractivity contribution in [3.8, 4) is 0 Å². The lowest BCUT2D eigenvalue weighted by Gasteiger charge is -2.37. The molecular weight excluding hydrogens is 246 g/mol. The number of aliphatic hydroxyl groups excluding tert-OH is 1. The Hall–Kier alpha value is -0.860. The smallest absolute Gasteiger partial charge is 0.128 e. The lowest BCUT2D eigenvalue weighted by atomic mass is 9.65. The van der Waals surface area contributed by atoms with Crippen molar-refractivity contribution in [2.45, 2.75) is 52.2 Å². The quantitative estimate of drug-likeness (QED) is 0.868. The van der Waals surface area contributed by atoms with Crippen LogP contribution in [0.4, 0.5) is 0 Å². The summed E-state index contributed by atoms with van der Waals surface area (Å²) >= 11 is 0. The van der Waals surface area contributed by atoms with Gasteiger partial charge >= 0.3 is 0 Å². The number of fused-ring (bicyclic) bond motifs is 2. The maximum atomic E-state index is 10.5. The van der Waals surface area contributed by atoms with Crippen LogP contribution in [0.25, 0.3) is 0 Å². The minimum absolute atomic E-state index is 0.322. The third-order valence-electron chi connectivity index (χ3n) is 5.31. The molecule has 1 saturated carbocycles. The highest BCUT2D eigenvalue weighted by molar-refractivity contribution is 5.17. The molecule has 4 atom stereocenters. The van der Waals surface area contributed by atoms with E-state index in [0.29, 0.717) is 10.8 Å². The fourth-order valence-electron chi connectivity index (χ4n) is 5.03. The van der Waals surface area contributed by atoms with Crippen molar-refractivity contribution in [2.24, 2.45) is 10.8 Å². The second kappa shape index (κ2) is 4.85. The van der Waals surface area contributed by atoms with Gasteiger partial charge in [0.1, 0.15) is 12.6 Å². The first-order chi connectivity index (χ1) is 9.37. The summed E-state index contributed by atoms with van der Waals surface area (Å²) in [6.45, 7) is 9.36. The van der Waals surface area contributed by atoms with Gasteiger partial charge < -0.3 is 10.0 Å². The Morgan fingerprint density at radius 3 is 2.60 bits per heavy atom. The van der Waals surface area contributed by atoms with E-state index < -0.39 is 0 Å². The fraction of sp³-hybridized carbons (Fsp3) is 0.667. The first-order valence-corrected chi connectivity index (χ1v) is 7.95. The number of likely N-dealkylation sites (tertiary alicyclic amines) is 1. The maximum Gasteiger partial charge on any atom is 0.128 e. The van der Waals surface area contributed by atoms with Gasteiger partial charge in [0, 0.05) is 18.3 Å². The molecule has 0 aromatic heterocycles. The molecule has 0 amide bonds. The van der Waals surface area contributed by atoms with E-state index in [-0.39, 0.29) is 6.10 Å². The van der Waals surface area contributed by atoms with E-state index in [1.807, 2.05) is 30.3 Å². The Morgan fingerprint density at radius 2 is 1.90 bits per heavy atom. The van der Waals surface area contributed by atoms with Gasteiger partial charge in [-0.25, -0.2) is 0 Å². The van der Waals surface area contributed by atoms with E-state index in [1.165, 1.54) is 25.8 Å². The Labute approximate surface area is 122 Å². The molecule has 3 rings (SSSR count). The van der Waals surface area contributed by atoms with Crippen LogP contribution in [0.2, 0.25) is 0 Å². The predicted octanol–water partition coefficient (Wildman–Crippen LogP) is 2.20. The molecule has 2 bridgehead atoms. The molecule has 1 aromatic carbocycles. The van der Waals surface area contributed by atoms with Crippen molar-refractivity contribution in [3.63, 3.8) is 0 Å². The van der Waals surface area contributed by atoms with Crippen molar-refractivity contribution in [2.75, 3.05) is 13.1 Å². The summed E-state index contributed by atoms with van der Waals surface area (Å²) in [5.74, 6) is 0. The van der Waals surface area contributed by atoms with Crippen molar-refractivity contribution < 1.29 is 10.0 Å². The highest BCUT2D eigenvalue weighted by atomic mass is 16.3.